The molecule has 7 nitrogen and oxygen atoms in total. The van der Waals surface area contributed by atoms with Crippen molar-refractivity contribution in [1.29, 1.82) is 0 Å². The zero-order valence-corrected chi connectivity index (χ0v) is 16.5. The lowest BCUT2D eigenvalue weighted by molar-refractivity contribution is 0.0966. The topological polar surface area (TPSA) is 75.1 Å². The Morgan fingerprint density at radius 2 is 1.86 bits per heavy atom. The van der Waals surface area contributed by atoms with Crippen LogP contribution in [0.2, 0.25) is 0 Å². The quantitative estimate of drug-likeness (QED) is 0.716. The fraction of sp³-hybridized carbons (Fsp3) is 0.318. The molecule has 0 unspecified atom stereocenters. The molecule has 2 N–H and O–H groups in total. The smallest absolute Gasteiger partial charge is 0.255 e. The van der Waals surface area contributed by atoms with E-state index in [-0.39, 0.29) is 5.91 Å². The first-order chi connectivity index (χ1) is 14.2. The standard InChI is InChI=1S/C22H24N6O/c1-27-14-23-13-19(27)17-11-24-21(20-18(17)12-25-22(20)29)26-15-5-7-16(8-6-15)28-9-3-2-4-10-28/h5-8,11,13-14H,2-4,9-10,12H2,1H3,(H,24,26)(H,25,29). The first kappa shape index (κ1) is 17.7. The molecule has 1 saturated heterocycles. The van der Waals surface area contributed by atoms with Crippen molar-refractivity contribution in [2.75, 3.05) is 23.3 Å². The summed E-state index contributed by atoms with van der Waals surface area (Å²) in [5.41, 5.74) is 5.63. The van der Waals surface area contributed by atoms with Crippen molar-refractivity contribution in [3.05, 3.63) is 54.1 Å². The maximum absolute atomic E-state index is 12.5. The van der Waals surface area contributed by atoms with Crippen molar-refractivity contribution in [2.45, 2.75) is 25.8 Å². The second kappa shape index (κ2) is 7.24. The largest absolute Gasteiger partial charge is 0.372 e. The predicted molar refractivity (Wildman–Crippen MR) is 113 cm³/mol. The number of piperidine rings is 1. The summed E-state index contributed by atoms with van der Waals surface area (Å²) in [7, 11) is 1.94. The van der Waals surface area contributed by atoms with Crippen molar-refractivity contribution in [1.82, 2.24) is 19.9 Å². The average molecular weight is 388 g/mol. The van der Waals surface area contributed by atoms with E-state index in [1.165, 1.54) is 24.9 Å². The summed E-state index contributed by atoms with van der Waals surface area (Å²) in [6.45, 7) is 2.74. The van der Waals surface area contributed by atoms with E-state index in [9.17, 15) is 4.79 Å². The van der Waals surface area contributed by atoms with Gasteiger partial charge in [0, 0.05) is 49.8 Å². The zero-order chi connectivity index (χ0) is 19.8. The van der Waals surface area contributed by atoms with Gasteiger partial charge in [0.05, 0.1) is 23.8 Å². The van der Waals surface area contributed by atoms with Gasteiger partial charge in [0.1, 0.15) is 5.82 Å². The van der Waals surface area contributed by atoms with Gasteiger partial charge in [0.15, 0.2) is 0 Å². The van der Waals surface area contributed by atoms with Crippen LogP contribution < -0.4 is 15.5 Å². The number of aromatic nitrogens is 3. The Kier molecular flexibility index (Phi) is 4.42. The number of hydrogen-bond acceptors (Lipinski definition) is 5. The van der Waals surface area contributed by atoms with E-state index in [1.54, 1.807) is 12.5 Å². The van der Waals surface area contributed by atoms with E-state index in [0.717, 1.165) is 35.6 Å². The molecule has 148 valence electrons. The number of nitrogens with one attached hydrogen (secondary N) is 2. The molecule has 5 rings (SSSR count). The second-order valence-corrected chi connectivity index (χ2v) is 7.67. The van der Waals surface area contributed by atoms with Gasteiger partial charge in [-0.2, -0.15) is 0 Å². The number of fused-ring (bicyclic) bond motifs is 1. The molecule has 29 heavy (non-hydrogen) atoms. The van der Waals surface area contributed by atoms with Gasteiger partial charge in [-0.3, -0.25) is 4.79 Å². The summed E-state index contributed by atoms with van der Waals surface area (Å²) in [5, 5.41) is 6.27. The van der Waals surface area contributed by atoms with Crippen molar-refractivity contribution >= 4 is 23.1 Å². The van der Waals surface area contributed by atoms with Crippen LogP contribution in [0.4, 0.5) is 17.2 Å². The summed E-state index contributed by atoms with van der Waals surface area (Å²) in [4.78, 5) is 23.7. The third kappa shape index (κ3) is 3.22. The van der Waals surface area contributed by atoms with Crippen LogP contribution in [-0.2, 0) is 13.6 Å². The molecule has 0 spiro atoms. The lowest BCUT2D eigenvalue weighted by atomic mass is 10.0. The average Bonchev–Trinajstić information content (AvgIpc) is 3.36. The summed E-state index contributed by atoms with van der Waals surface area (Å²) >= 11 is 0. The van der Waals surface area contributed by atoms with E-state index in [2.05, 4.69) is 49.8 Å². The first-order valence-electron chi connectivity index (χ1n) is 10.1. The Morgan fingerprint density at radius 1 is 1.07 bits per heavy atom. The number of carbonyl (C=O) groups is 1. The molecule has 1 fully saturated rings. The summed E-state index contributed by atoms with van der Waals surface area (Å²) < 4.78 is 1.94. The molecule has 0 radical (unpaired) electrons. The van der Waals surface area contributed by atoms with Gasteiger partial charge < -0.3 is 20.1 Å². The van der Waals surface area contributed by atoms with Crippen LogP contribution in [-0.4, -0.2) is 33.5 Å². The van der Waals surface area contributed by atoms with Gasteiger partial charge in [-0.05, 0) is 49.1 Å². The number of nitrogens with zero attached hydrogens (tertiary/aromatic N) is 4. The summed E-state index contributed by atoms with van der Waals surface area (Å²) in [6, 6.07) is 8.38. The third-order valence-corrected chi connectivity index (χ3v) is 5.78. The number of aryl methyl sites for hydroxylation is 1. The second-order valence-electron chi connectivity index (χ2n) is 7.67. The Bertz CT molecular complexity index is 1050. The Labute approximate surface area is 169 Å². The van der Waals surface area contributed by atoms with E-state index in [0.29, 0.717) is 17.9 Å². The molecule has 0 bridgehead atoms. The molecule has 0 atom stereocenters. The number of pyridine rings is 1. The van der Waals surface area contributed by atoms with Gasteiger partial charge in [0.25, 0.3) is 5.91 Å². The van der Waals surface area contributed by atoms with Crippen LogP contribution in [0, 0.1) is 0 Å². The van der Waals surface area contributed by atoms with Crippen molar-refractivity contribution in [3.63, 3.8) is 0 Å². The molecule has 4 heterocycles. The Morgan fingerprint density at radius 3 is 2.59 bits per heavy atom. The number of carbonyl (C=O) groups excluding carboxylic acids is 1. The lowest BCUT2D eigenvalue weighted by Gasteiger charge is -2.28. The van der Waals surface area contributed by atoms with E-state index in [4.69, 9.17) is 0 Å². The highest BCUT2D eigenvalue weighted by atomic mass is 16.1. The molecule has 1 amide bonds. The van der Waals surface area contributed by atoms with Crippen LogP contribution in [0.15, 0.2) is 43.0 Å². The SMILES string of the molecule is Cn1cncc1-c1cnc(Nc2ccc(N3CCCCC3)cc2)c2c1CNC2=O. The summed E-state index contributed by atoms with van der Waals surface area (Å²) in [5.74, 6) is 0.496. The van der Waals surface area contributed by atoms with Crippen LogP contribution in [0.1, 0.15) is 35.2 Å². The first-order valence-corrected chi connectivity index (χ1v) is 10.1. The molecule has 0 aliphatic carbocycles. The molecule has 2 aliphatic heterocycles. The molecule has 0 saturated carbocycles. The van der Waals surface area contributed by atoms with E-state index >= 15 is 0 Å². The third-order valence-electron chi connectivity index (χ3n) is 5.78. The van der Waals surface area contributed by atoms with E-state index in [1.807, 2.05) is 17.8 Å². The Balaban J connectivity index is 1.44. The number of amides is 1. The highest BCUT2D eigenvalue weighted by molar-refractivity contribution is 6.05. The van der Waals surface area contributed by atoms with Crippen molar-refractivity contribution < 1.29 is 4.79 Å². The molecule has 7 heteroatoms. The van der Waals surface area contributed by atoms with Gasteiger partial charge >= 0.3 is 0 Å². The lowest BCUT2D eigenvalue weighted by Crippen LogP contribution is -2.29. The molecular formula is C22H24N6O. The van der Waals surface area contributed by atoms with E-state index < -0.39 is 0 Å². The highest BCUT2D eigenvalue weighted by Crippen LogP contribution is 2.33. The van der Waals surface area contributed by atoms with Crippen LogP contribution in [0.25, 0.3) is 11.3 Å². The van der Waals surface area contributed by atoms with Crippen molar-refractivity contribution in [3.8, 4) is 11.3 Å². The van der Waals surface area contributed by atoms with Gasteiger partial charge in [-0.1, -0.05) is 0 Å². The number of benzene rings is 1. The van der Waals surface area contributed by atoms with Gasteiger partial charge in [-0.15, -0.1) is 0 Å². The molecule has 2 aliphatic rings. The van der Waals surface area contributed by atoms with Crippen LogP contribution >= 0.6 is 0 Å². The predicted octanol–water partition coefficient (Wildman–Crippen LogP) is 3.46. The fourth-order valence-electron chi connectivity index (χ4n) is 4.21. The maximum Gasteiger partial charge on any atom is 0.255 e. The number of hydrogen-bond donors (Lipinski definition) is 2. The molecule has 3 aromatic rings. The normalized spacial score (nSPS) is 15.9. The number of imidazole rings is 1. The summed E-state index contributed by atoms with van der Waals surface area (Å²) in [6.07, 6.45) is 9.21. The minimum absolute atomic E-state index is 0.0936. The zero-order valence-electron chi connectivity index (χ0n) is 16.5. The number of rotatable bonds is 4. The van der Waals surface area contributed by atoms with Gasteiger partial charge in [-0.25, -0.2) is 9.97 Å². The van der Waals surface area contributed by atoms with Crippen LogP contribution in [0.3, 0.4) is 0 Å². The fourth-order valence-corrected chi connectivity index (χ4v) is 4.21. The minimum Gasteiger partial charge on any atom is -0.372 e. The molecule has 2 aromatic heterocycles. The Hall–Kier alpha value is -3.35. The van der Waals surface area contributed by atoms with Gasteiger partial charge in [0.2, 0.25) is 0 Å². The molecular weight excluding hydrogens is 364 g/mol. The van der Waals surface area contributed by atoms with Crippen LogP contribution in [0.5, 0.6) is 0 Å². The number of anilines is 3. The molecule has 1 aromatic carbocycles. The van der Waals surface area contributed by atoms with Crippen molar-refractivity contribution in [2.24, 2.45) is 7.05 Å². The monoisotopic (exact) mass is 388 g/mol. The highest BCUT2D eigenvalue weighted by Gasteiger charge is 2.28. The maximum atomic E-state index is 12.5. The minimum atomic E-state index is -0.0936.